The van der Waals surface area contributed by atoms with E-state index >= 15 is 0 Å². The van der Waals surface area contributed by atoms with Crippen LogP contribution in [0.15, 0.2) is 85.5 Å². The van der Waals surface area contributed by atoms with E-state index in [2.05, 4.69) is 70.6 Å². The van der Waals surface area contributed by atoms with Crippen molar-refractivity contribution >= 4 is 41.9 Å². The summed E-state index contributed by atoms with van der Waals surface area (Å²) < 4.78 is 31.2. The Morgan fingerprint density at radius 3 is 1.62 bits per heavy atom. The maximum Gasteiger partial charge on any atom is 0.347 e. The van der Waals surface area contributed by atoms with Crippen LogP contribution < -0.4 is 5.32 Å². The number of fused-ring (bicyclic) bond motifs is 1. The summed E-state index contributed by atoms with van der Waals surface area (Å²) in [4.78, 5) is 67.9. The lowest BCUT2D eigenvalue weighted by atomic mass is 9.54. The molecule has 6 aliphatic carbocycles. The molecule has 68 heavy (non-hydrogen) atoms. The second-order valence-electron chi connectivity index (χ2n) is 21.7. The summed E-state index contributed by atoms with van der Waals surface area (Å²) in [7, 11) is 0. The molecule has 6 saturated carbocycles. The molecule has 3 saturated heterocycles. The number of esters is 6. The Morgan fingerprint density at radius 1 is 0.662 bits per heavy atom. The summed E-state index contributed by atoms with van der Waals surface area (Å²) >= 11 is 0. The Balaban J connectivity index is 0.000000162. The van der Waals surface area contributed by atoms with Crippen molar-refractivity contribution in [2.24, 2.45) is 35.5 Å². The quantitative estimate of drug-likeness (QED) is 0.141. The first-order valence-corrected chi connectivity index (χ1v) is 24.1. The van der Waals surface area contributed by atoms with Gasteiger partial charge in [0.25, 0.3) is 0 Å². The summed E-state index contributed by atoms with van der Waals surface area (Å²) in [5.74, 6) is 1.16. The fraction of sp³-hybridized carbons (Fsp3) is 0.600. The highest BCUT2D eigenvalue weighted by Gasteiger charge is 2.63. The fourth-order valence-corrected chi connectivity index (χ4v) is 11.7. The maximum atomic E-state index is 11.7. The van der Waals surface area contributed by atoms with Crippen LogP contribution in [-0.2, 0) is 57.2 Å². The molecule has 0 aromatic heterocycles. The van der Waals surface area contributed by atoms with E-state index in [-0.39, 0.29) is 76.3 Å². The van der Waals surface area contributed by atoms with Gasteiger partial charge >= 0.3 is 35.8 Å². The SMILES string of the molecule is C=C(C)C(=O)OC12CC3CC(CC(C3)C1)C2.C=C(C)C(=O)OC1C2CC3C(=O)OC1C3C2.C=C(C)C(=O)OC1CC(C)(C)NC(C)(C)C1.C=C(C)C(=O)OC1CCOC1=O.C=Cc1ccccc1. The van der Waals surface area contributed by atoms with Crippen molar-refractivity contribution in [3.8, 4) is 0 Å². The van der Waals surface area contributed by atoms with E-state index in [1.54, 1.807) is 20.8 Å². The molecule has 6 atom stereocenters. The highest BCUT2D eigenvalue weighted by molar-refractivity contribution is 5.90. The van der Waals surface area contributed by atoms with Gasteiger partial charge in [0.05, 0.1) is 12.5 Å². The number of ether oxygens (including phenoxy) is 6. The van der Waals surface area contributed by atoms with Crippen LogP contribution in [0.25, 0.3) is 6.08 Å². The molecular weight excluding hydrogens is 867 g/mol. The molecule has 3 aliphatic heterocycles. The molecule has 372 valence electrons. The standard InChI is InChI=1S/C14H20O2.C13H23NO2.C12H14O4.C8H10O4.C8H8/c1-9(2)13(15)16-14-6-10-3-11(7-14)5-12(4-10)8-14;1-9(2)11(15)16-10-7-12(3,4)14-13(5,6)8-10;1-5(2)11(13)15-9-6-3-7-8(4-6)12(14)16-10(7)9;1-5(2)7(9)12-6-3-4-11-8(6)10;1-2-8-6-4-3-5-7-8/h10-12H,1,3-8H2,2H3;10,14H,1,7-8H2,2-6H3;6-10H,1,3-4H2,2H3;6H,1,3-4H2,2H3;2-7H,1H2. The van der Waals surface area contributed by atoms with Crippen LogP contribution in [0.2, 0.25) is 0 Å². The molecule has 9 fully saturated rings. The van der Waals surface area contributed by atoms with Crippen LogP contribution in [-0.4, -0.2) is 83.5 Å². The molecule has 1 aromatic rings. The highest BCUT2D eigenvalue weighted by atomic mass is 16.6. The Hall–Kier alpha value is -5.30. The fourth-order valence-electron chi connectivity index (χ4n) is 11.7. The van der Waals surface area contributed by atoms with Crippen LogP contribution in [0.4, 0.5) is 0 Å². The van der Waals surface area contributed by atoms with Crippen LogP contribution in [0.3, 0.4) is 0 Å². The normalized spacial score (nSPS) is 31.1. The van der Waals surface area contributed by atoms with E-state index in [0.29, 0.717) is 35.7 Å². The number of benzene rings is 1. The lowest BCUT2D eigenvalue weighted by Gasteiger charge is -2.55. The minimum atomic E-state index is -0.728. The monoisotopic (exact) mass is 942 g/mol. The van der Waals surface area contributed by atoms with Gasteiger partial charge < -0.3 is 33.7 Å². The van der Waals surface area contributed by atoms with Gasteiger partial charge in [-0.15, -0.1) is 0 Å². The molecule has 0 radical (unpaired) electrons. The molecule has 1 aromatic carbocycles. The number of piperidine rings is 1. The molecule has 6 unspecified atom stereocenters. The second kappa shape index (κ2) is 22.4. The Bertz CT molecular complexity index is 2070. The summed E-state index contributed by atoms with van der Waals surface area (Å²) in [5.41, 5.74) is 2.75. The summed E-state index contributed by atoms with van der Waals surface area (Å²) in [6.07, 6.45) is 12.0. The predicted octanol–water partition coefficient (Wildman–Crippen LogP) is 9.30. The number of hydrogen-bond donors (Lipinski definition) is 1. The molecule has 0 spiro atoms. The molecule has 0 amide bonds. The van der Waals surface area contributed by atoms with Crippen molar-refractivity contribution in [3.63, 3.8) is 0 Å². The zero-order valence-electron chi connectivity index (χ0n) is 41.7. The summed E-state index contributed by atoms with van der Waals surface area (Å²) in [6.45, 7) is 33.3. The Morgan fingerprint density at radius 2 is 1.16 bits per heavy atom. The van der Waals surface area contributed by atoms with Crippen molar-refractivity contribution in [1.82, 2.24) is 5.32 Å². The van der Waals surface area contributed by atoms with Gasteiger partial charge in [-0.05, 0) is 130 Å². The van der Waals surface area contributed by atoms with Gasteiger partial charge in [0.2, 0.25) is 6.10 Å². The van der Waals surface area contributed by atoms with E-state index in [1.165, 1.54) is 31.7 Å². The predicted molar refractivity (Wildman–Crippen MR) is 258 cm³/mol. The lowest BCUT2D eigenvalue weighted by molar-refractivity contribution is -0.182. The van der Waals surface area contributed by atoms with Crippen LogP contribution in [0.5, 0.6) is 0 Å². The summed E-state index contributed by atoms with van der Waals surface area (Å²) in [6, 6.07) is 10.0. The third-order valence-corrected chi connectivity index (χ3v) is 13.9. The zero-order chi connectivity index (χ0) is 50.3. The largest absolute Gasteiger partial charge is 0.463 e. The van der Waals surface area contributed by atoms with E-state index in [1.807, 2.05) is 36.4 Å². The van der Waals surface area contributed by atoms with Gasteiger partial charge in [-0.25, -0.2) is 24.0 Å². The minimum absolute atomic E-state index is 0.00176. The van der Waals surface area contributed by atoms with E-state index in [0.717, 1.165) is 62.7 Å². The van der Waals surface area contributed by atoms with Gasteiger partial charge in [-0.2, -0.15) is 0 Å². The lowest BCUT2D eigenvalue weighted by Crippen LogP contribution is -2.59. The maximum absolute atomic E-state index is 11.7. The van der Waals surface area contributed by atoms with E-state index < -0.39 is 18.0 Å². The molecule has 10 rings (SSSR count). The van der Waals surface area contributed by atoms with Crippen LogP contribution in [0, 0.1) is 35.5 Å². The second-order valence-corrected chi connectivity index (χ2v) is 21.7. The number of cyclic esters (lactones) is 1. The van der Waals surface area contributed by atoms with Gasteiger partial charge in [0.15, 0.2) is 0 Å². The first-order valence-electron chi connectivity index (χ1n) is 24.1. The van der Waals surface area contributed by atoms with E-state index in [9.17, 15) is 28.8 Å². The van der Waals surface area contributed by atoms with Gasteiger partial charge in [-0.1, -0.05) is 69.3 Å². The van der Waals surface area contributed by atoms with Crippen molar-refractivity contribution in [2.75, 3.05) is 6.61 Å². The highest BCUT2D eigenvalue weighted by Crippen LogP contribution is 2.57. The van der Waals surface area contributed by atoms with Gasteiger partial charge in [0.1, 0.15) is 23.9 Å². The third-order valence-electron chi connectivity index (χ3n) is 13.9. The van der Waals surface area contributed by atoms with Crippen molar-refractivity contribution in [3.05, 3.63) is 91.1 Å². The number of rotatable bonds is 9. The average Bonchev–Trinajstić information content (AvgIpc) is 3.99. The molecule has 13 nitrogen and oxygen atoms in total. The number of carbonyl (C=O) groups is 6. The first-order chi connectivity index (χ1) is 31.8. The third kappa shape index (κ3) is 14.4. The number of nitrogens with one attached hydrogen (secondary N) is 1. The number of carbonyl (C=O) groups excluding carboxylic acids is 6. The minimum Gasteiger partial charge on any atom is -0.463 e. The average molecular weight is 942 g/mol. The topological polar surface area (TPSA) is 170 Å². The Kier molecular flexibility index (Phi) is 17.7. The number of hydrogen-bond acceptors (Lipinski definition) is 13. The van der Waals surface area contributed by atoms with E-state index in [4.69, 9.17) is 23.7 Å². The molecule has 9 aliphatic rings. The van der Waals surface area contributed by atoms with Crippen LogP contribution >= 0.6 is 0 Å². The molecule has 3 heterocycles. The van der Waals surface area contributed by atoms with Crippen molar-refractivity contribution < 1.29 is 57.2 Å². The van der Waals surface area contributed by atoms with Crippen molar-refractivity contribution in [1.29, 1.82) is 0 Å². The Labute approximate surface area is 403 Å². The van der Waals surface area contributed by atoms with Crippen LogP contribution in [0.1, 0.15) is 132 Å². The molecule has 13 heteroatoms. The first kappa shape index (κ1) is 53.7. The summed E-state index contributed by atoms with van der Waals surface area (Å²) in [5, 5.41) is 3.55. The smallest absolute Gasteiger partial charge is 0.347 e. The van der Waals surface area contributed by atoms with Gasteiger partial charge in [-0.3, -0.25) is 4.79 Å². The molecule has 1 N–H and O–H groups in total. The van der Waals surface area contributed by atoms with Gasteiger partial charge in [0, 0.05) is 64.5 Å². The van der Waals surface area contributed by atoms with Crippen molar-refractivity contribution in [2.45, 2.75) is 167 Å². The molecular formula is C55H75NO12. The molecule has 6 bridgehead atoms. The zero-order valence-corrected chi connectivity index (χ0v) is 41.7.